The Bertz CT molecular complexity index is 1210. The Labute approximate surface area is 181 Å². The van der Waals surface area contributed by atoms with E-state index in [0.29, 0.717) is 11.3 Å². The highest BCUT2D eigenvalue weighted by Crippen LogP contribution is 2.31. The molecule has 0 aliphatic carbocycles. The van der Waals surface area contributed by atoms with Crippen LogP contribution in [0.2, 0.25) is 0 Å². The van der Waals surface area contributed by atoms with E-state index in [-0.39, 0.29) is 5.82 Å². The second-order valence-electron chi connectivity index (χ2n) is 8.08. The van der Waals surface area contributed by atoms with Crippen LogP contribution in [0, 0.1) is 12.7 Å². The zero-order valence-electron chi connectivity index (χ0n) is 17.7. The third-order valence-corrected chi connectivity index (χ3v) is 5.96. The molecule has 0 spiro atoms. The first-order chi connectivity index (χ1) is 15.1. The lowest BCUT2D eigenvalue weighted by molar-refractivity contribution is 0.312. The fourth-order valence-electron chi connectivity index (χ4n) is 4.12. The van der Waals surface area contributed by atoms with Gasteiger partial charge in [0.25, 0.3) is 0 Å². The van der Waals surface area contributed by atoms with Crippen molar-refractivity contribution in [3.05, 3.63) is 72.4 Å². The molecule has 0 amide bonds. The van der Waals surface area contributed by atoms with E-state index in [9.17, 15) is 4.39 Å². The largest absolute Gasteiger partial charge is 0.354 e. The summed E-state index contributed by atoms with van der Waals surface area (Å²) in [5.74, 6) is 0.723. The molecular weight excluding hydrogens is 389 g/mol. The molecule has 1 saturated heterocycles. The highest BCUT2D eigenvalue weighted by molar-refractivity contribution is 5.94. The second-order valence-corrected chi connectivity index (χ2v) is 8.08. The molecule has 0 atom stereocenters. The lowest BCUT2D eigenvalue weighted by Crippen LogP contribution is -2.44. The highest BCUT2D eigenvalue weighted by Gasteiger charge is 2.16. The lowest BCUT2D eigenvalue weighted by atomic mass is 10.0. The number of aryl methyl sites for hydroxylation is 1. The van der Waals surface area contributed by atoms with E-state index in [0.717, 1.165) is 59.6 Å². The van der Waals surface area contributed by atoms with Gasteiger partial charge in [0.15, 0.2) is 0 Å². The molecule has 5 nitrogen and oxygen atoms in total. The minimum Gasteiger partial charge on any atom is -0.354 e. The van der Waals surface area contributed by atoms with Crippen LogP contribution in [0.5, 0.6) is 0 Å². The smallest absolute Gasteiger partial charge is 0.132 e. The summed E-state index contributed by atoms with van der Waals surface area (Å²) in [4.78, 5) is 18.6. The minimum atomic E-state index is -0.263. The number of nitrogens with zero attached hydrogens (tertiary/aromatic N) is 5. The fourth-order valence-corrected chi connectivity index (χ4v) is 4.12. The van der Waals surface area contributed by atoms with E-state index in [1.54, 1.807) is 18.5 Å². The number of hydrogen-bond donors (Lipinski definition) is 0. The molecule has 0 bridgehead atoms. The number of rotatable bonds is 3. The Morgan fingerprint density at radius 1 is 0.903 bits per heavy atom. The van der Waals surface area contributed by atoms with Gasteiger partial charge in [-0.3, -0.25) is 4.98 Å². The maximum absolute atomic E-state index is 14.5. The highest BCUT2D eigenvalue weighted by atomic mass is 19.1. The number of aromatic nitrogens is 3. The first kappa shape index (κ1) is 19.6. The molecule has 1 aliphatic heterocycles. The number of anilines is 1. The van der Waals surface area contributed by atoms with Crippen molar-refractivity contribution in [1.29, 1.82) is 0 Å². The molecule has 6 heteroatoms. The lowest BCUT2D eigenvalue weighted by Gasteiger charge is -2.33. The third-order valence-electron chi connectivity index (χ3n) is 5.96. The van der Waals surface area contributed by atoms with E-state index in [1.807, 2.05) is 31.3 Å². The van der Waals surface area contributed by atoms with Crippen LogP contribution in [0.4, 0.5) is 10.2 Å². The van der Waals surface area contributed by atoms with Gasteiger partial charge in [0.2, 0.25) is 0 Å². The van der Waals surface area contributed by atoms with Crippen molar-refractivity contribution in [1.82, 2.24) is 19.9 Å². The van der Waals surface area contributed by atoms with Crippen LogP contribution >= 0.6 is 0 Å². The molecule has 3 aromatic heterocycles. The average Bonchev–Trinajstić information content (AvgIpc) is 2.79. The van der Waals surface area contributed by atoms with Crippen molar-refractivity contribution in [2.75, 3.05) is 38.1 Å². The second kappa shape index (κ2) is 8.04. The Hall–Kier alpha value is -3.38. The van der Waals surface area contributed by atoms with Gasteiger partial charge in [-0.25, -0.2) is 14.4 Å². The monoisotopic (exact) mass is 413 g/mol. The summed E-state index contributed by atoms with van der Waals surface area (Å²) in [5, 5.41) is 0.915. The SMILES string of the molecule is Cc1cccc(F)c1-c1ccc2cncc(-c3ccc(N4CCN(C)CC4)nc3)c2n1. The first-order valence-corrected chi connectivity index (χ1v) is 10.5. The van der Waals surface area contributed by atoms with Gasteiger partial charge in [0.05, 0.1) is 11.2 Å². The van der Waals surface area contributed by atoms with Crippen LogP contribution in [0.3, 0.4) is 0 Å². The standard InChI is InChI=1S/C25H24FN5/c1-17-4-3-5-21(26)24(17)22-8-6-19-14-27-16-20(25(19)29-22)18-7-9-23(28-15-18)31-12-10-30(2)11-13-31/h3-9,14-16H,10-13H2,1-2H3. The molecule has 1 fully saturated rings. The van der Waals surface area contributed by atoms with E-state index in [4.69, 9.17) is 9.97 Å². The van der Waals surface area contributed by atoms with Crippen LogP contribution in [-0.4, -0.2) is 53.1 Å². The van der Waals surface area contributed by atoms with Gasteiger partial charge >= 0.3 is 0 Å². The number of halogens is 1. The molecule has 4 aromatic rings. The van der Waals surface area contributed by atoms with E-state index in [2.05, 4.69) is 34.0 Å². The average molecular weight is 414 g/mol. The molecule has 0 radical (unpaired) electrons. The number of benzene rings is 1. The minimum absolute atomic E-state index is 0.263. The summed E-state index contributed by atoms with van der Waals surface area (Å²) >= 11 is 0. The number of hydrogen-bond acceptors (Lipinski definition) is 5. The molecule has 5 rings (SSSR count). The Kier molecular flexibility index (Phi) is 5.08. The molecular formula is C25H24FN5. The van der Waals surface area contributed by atoms with Crippen molar-refractivity contribution in [2.24, 2.45) is 0 Å². The summed E-state index contributed by atoms with van der Waals surface area (Å²) < 4.78 is 14.5. The van der Waals surface area contributed by atoms with Crippen molar-refractivity contribution in [3.8, 4) is 22.4 Å². The van der Waals surface area contributed by atoms with Gasteiger partial charge in [-0.05, 0) is 49.9 Å². The summed E-state index contributed by atoms with van der Waals surface area (Å²) in [7, 11) is 2.14. The predicted octanol–water partition coefficient (Wildman–Crippen LogP) is 4.56. The molecule has 0 N–H and O–H groups in total. The van der Waals surface area contributed by atoms with Gasteiger partial charge in [0, 0.05) is 66.8 Å². The number of likely N-dealkylation sites (N-methyl/N-ethyl adjacent to an activating group) is 1. The Morgan fingerprint density at radius 3 is 2.48 bits per heavy atom. The summed E-state index contributed by atoms with van der Waals surface area (Å²) in [6, 6.07) is 13.0. The van der Waals surface area contributed by atoms with Gasteiger partial charge in [-0.15, -0.1) is 0 Å². The van der Waals surface area contributed by atoms with Gasteiger partial charge in [-0.2, -0.15) is 0 Å². The molecule has 156 valence electrons. The van der Waals surface area contributed by atoms with Gasteiger partial charge in [-0.1, -0.05) is 12.1 Å². The van der Waals surface area contributed by atoms with Gasteiger partial charge < -0.3 is 9.80 Å². The molecule has 0 unspecified atom stereocenters. The van der Waals surface area contributed by atoms with Crippen LogP contribution in [0.1, 0.15) is 5.56 Å². The third kappa shape index (κ3) is 3.75. The maximum Gasteiger partial charge on any atom is 0.132 e. The molecule has 1 aromatic carbocycles. The number of piperazine rings is 1. The van der Waals surface area contributed by atoms with Crippen molar-refractivity contribution in [2.45, 2.75) is 6.92 Å². The number of pyridine rings is 3. The summed E-state index contributed by atoms with van der Waals surface area (Å²) in [5.41, 5.74) is 4.66. The van der Waals surface area contributed by atoms with E-state index >= 15 is 0 Å². The van der Waals surface area contributed by atoms with Gasteiger partial charge in [0.1, 0.15) is 11.6 Å². The van der Waals surface area contributed by atoms with Crippen LogP contribution < -0.4 is 4.90 Å². The Balaban J connectivity index is 1.54. The quantitative estimate of drug-likeness (QED) is 0.493. The molecule has 1 aliphatic rings. The normalized spacial score (nSPS) is 14.9. The topological polar surface area (TPSA) is 45.2 Å². The van der Waals surface area contributed by atoms with Crippen molar-refractivity contribution in [3.63, 3.8) is 0 Å². The Morgan fingerprint density at radius 2 is 1.74 bits per heavy atom. The maximum atomic E-state index is 14.5. The van der Waals surface area contributed by atoms with Crippen LogP contribution in [0.25, 0.3) is 33.3 Å². The van der Waals surface area contributed by atoms with Crippen molar-refractivity contribution >= 4 is 16.7 Å². The van der Waals surface area contributed by atoms with E-state index < -0.39 is 0 Å². The van der Waals surface area contributed by atoms with Crippen LogP contribution in [0.15, 0.2) is 61.1 Å². The van der Waals surface area contributed by atoms with Crippen LogP contribution in [-0.2, 0) is 0 Å². The zero-order chi connectivity index (χ0) is 21.4. The van der Waals surface area contributed by atoms with Crippen molar-refractivity contribution < 1.29 is 4.39 Å². The molecule has 31 heavy (non-hydrogen) atoms. The zero-order valence-corrected chi connectivity index (χ0v) is 17.7. The van der Waals surface area contributed by atoms with E-state index in [1.165, 1.54) is 6.07 Å². The molecule has 4 heterocycles. The fraction of sp³-hybridized carbons (Fsp3) is 0.240. The molecule has 0 saturated carbocycles. The predicted molar refractivity (Wildman–Crippen MR) is 123 cm³/mol. The summed E-state index contributed by atoms with van der Waals surface area (Å²) in [6.45, 7) is 5.94. The number of fused-ring (bicyclic) bond motifs is 1. The first-order valence-electron chi connectivity index (χ1n) is 10.5. The summed E-state index contributed by atoms with van der Waals surface area (Å²) in [6.07, 6.45) is 5.47.